The van der Waals surface area contributed by atoms with Crippen LogP contribution in [-0.4, -0.2) is 61.8 Å². The van der Waals surface area contributed by atoms with Crippen LogP contribution in [-0.2, 0) is 5.54 Å². The molecule has 0 bridgehead atoms. The summed E-state index contributed by atoms with van der Waals surface area (Å²) in [5.41, 5.74) is 8.43. The maximum atomic E-state index is 13.5. The first kappa shape index (κ1) is 24.9. The number of nitrogens with zero attached hydrogens (tertiary/aromatic N) is 6. The van der Waals surface area contributed by atoms with E-state index in [2.05, 4.69) is 15.1 Å². The summed E-state index contributed by atoms with van der Waals surface area (Å²) in [4.78, 5) is 28.2. The number of methoxy groups -OCH3 is 1. The fraction of sp³-hybridized carbons (Fsp3) is 0.321. The van der Waals surface area contributed by atoms with Gasteiger partial charge in [0, 0.05) is 54.5 Å². The molecule has 1 aromatic carbocycles. The molecule has 4 aromatic rings. The molecule has 4 heterocycles. The molecular weight excluding hydrogens is 501 g/mol. The molecule has 0 radical (unpaired) electrons. The lowest BCUT2D eigenvalue weighted by atomic mass is 9.95. The van der Waals surface area contributed by atoms with Gasteiger partial charge in [0.25, 0.3) is 11.9 Å². The van der Waals surface area contributed by atoms with Gasteiger partial charge in [0.05, 0.1) is 19.0 Å². The third-order valence-electron chi connectivity index (χ3n) is 7.21. The monoisotopic (exact) mass is 529 g/mol. The SMILES string of the molecule is COc1nn(-c2ncccn2)cc1C(=O)N1CC2[C@@H](C1)[C@@H]2Oc1cc(C(C)(C)N)cc(-c2ccc(F)cc2)n1. The Kier molecular flexibility index (Phi) is 6.02. The zero-order valence-corrected chi connectivity index (χ0v) is 21.8. The van der Waals surface area contributed by atoms with Crippen LogP contribution in [0.5, 0.6) is 11.8 Å². The van der Waals surface area contributed by atoms with Crippen molar-refractivity contribution >= 4 is 5.91 Å². The van der Waals surface area contributed by atoms with Crippen LogP contribution >= 0.6 is 0 Å². The zero-order chi connectivity index (χ0) is 27.3. The van der Waals surface area contributed by atoms with E-state index in [0.717, 1.165) is 11.1 Å². The number of nitrogens with two attached hydrogens (primary N) is 1. The van der Waals surface area contributed by atoms with Gasteiger partial charge >= 0.3 is 0 Å². The minimum atomic E-state index is -0.618. The first-order valence-corrected chi connectivity index (χ1v) is 12.7. The Labute approximate surface area is 224 Å². The van der Waals surface area contributed by atoms with E-state index in [1.165, 1.54) is 23.9 Å². The van der Waals surface area contributed by atoms with E-state index in [1.54, 1.807) is 41.7 Å². The molecule has 10 nitrogen and oxygen atoms in total. The van der Waals surface area contributed by atoms with Gasteiger partial charge in [0.15, 0.2) is 0 Å². The standard InChI is InChI=1S/C28H28FN7O3/c1-28(2,30)17-11-22(16-5-7-18(29)8-6-16)33-23(12-17)39-24-19-13-35(14-20(19)24)26(37)21-15-36(34-25(21)38-3)27-31-9-4-10-32-27/h4-12,15,19-20,24H,13-14,30H2,1-3H3/t19-,20?,24+/m1/s1. The van der Waals surface area contributed by atoms with Crippen molar-refractivity contribution in [3.05, 3.63) is 78.0 Å². The Morgan fingerprint density at radius 1 is 1.10 bits per heavy atom. The Balaban J connectivity index is 1.17. The van der Waals surface area contributed by atoms with Crippen molar-refractivity contribution in [3.63, 3.8) is 0 Å². The van der Waals surface area contributed by atoms with Crippen LogP contribution in [0.1, 0.15) is 29.8 Å². The molecule has 6 rings (SSSR count). The summed E-state index contributed by atoms with van der Waals surface area (Å²) in [7, 11) is 1.48. The number of fused-ring (bicyclic) bond motifs is 1. The van der Waals surface area contributed by atoms with Gasteiger partial charge in [0.2, 0.25) is 11.8 Å². The number of ether oxygens (including phenoxy) is 2. The molecule has 3 atom stereocenters. The highest BCUT2D eigenvalue weighted by molar-refractivity contribution is 5.96. The molecular formula is C28H28FN7O3. The van der Waals surface area contributed by atoms with Gasteiger partial charge in [-0.15, -0.1) is 5.10 Å². The second-order valence-electron chi connectivity index (χ2n) is 10.5. The summed E-state index contributed by atoms with van der Waals surface area (Å²) >= 11 is 0. The van der Waals surface area contributed by atoms with Crippen molar-refractivity contribution in [2.45, 2.75) is 25.5 Å². The largest absolute Gasteiger partial charge is 0.479 e. The number of rotatable bonds is 7. The van der Waals surface area contributed by atoms with E-state index in [9.17, 15) is 9.18 Å². The summed E-state index contributed by atoms with van der Waals surface area (Å²) in [5, 5.41) is 4.32. The normalized spacial score (nSPS) is 20.0. The molecule has 1 aliphatic heterocycles. The van der Waals surface area contributed by atoms with Gasteiger partial charge in [-0.3, -0.25) is 4.79 Å². The molecule has 11 heteroatoms. The van der Waals surface area contributed by atoms with Crippen molar-refractivity contribution in [2.24, 2.45) is 17.6 Å². The molecule has 0 spiro atoms. The van der Waals surface area contributed by atoms with Crippen molar-refractivity contribution in [2.75, 3.05) is 20.2 Å². The summed E-state index contributed by atoms with van der Waals surface area (Å²) in [6.07, 6.45) is 4.75. The second-order valence-corrected chi connectivity index (χ2v) is 10.5. The van der Waals surface area contributed by atoms with E-state index < -0.39 is 5.54 Å². The van der Waals surface area contributed by atoms with E-state index in [1.807, 2.05) is 26.0 Å². The number of amides is 1. The first-order valence-electron chi connectivity index (χ1n) is 12.7. The van der Waals surface area contributed by atoms with E-state index in [0.29, 0.717) is 36.2 Å². The lowest BCUT2D eigenvalue weighted by molar-refractivity contribution is 0.0748. The van der Waals surface area contributed by atoms with Gasteiger partial charge < -0.3 is 20.1 Å². The lowest BCUT2D eigenvalue weighted by Crippen LogP contribution is -2.33. The van der Waals surface area contributed by atoms with Gasteiger partial charge in [-0.25, -0.2) is 24.0 Å². The Hall–Kier alpha value is -4.38. The lowest BCUT2D eigenvalue weighted by Gasteiger charge is -2.22. The fourth-order valence-corrected chi connectivity index (χ4v) is 5.00. The zero-order valence-electron chi connectivity index (χ0n) is 21.8. The number of pyridine rings is 1. The quantitative estimate of drug-likeness (QED) is 0.387. The molecule has 3 aromatic heterocycles. The Morgan fingerprint density at radius 3 is 2.44 bits per heavy atom. The smallest absolute Gasteiger partial charge is 0.261 e. The summed E-state index contributed by atoms with van der Waals surface area (Å²) in [6, 6.07) is 11.6. The molecule has 1 aliphatic carbocycles. The van der Waals surface area contributed by atoms with E-state index in [4.69, 9.17) is 20.2 Å². The number of piperidine rings is 1. The topological polar surface area (TPSA) is 121 Å². The third-order valence-corrected chi connectivity index (χ3v) is 7.21. The third kappa shape index (κ3) is 4.81. The highest BCUT2D eigenvalue weighted by atomic mass is 19.1. The number of benzene rings is 1. The van der Waals surface area contributed by atoms with Crippen molar-refractivity contribution in [3.8, 4) is 29.0 Å². The number of halogens is 1. The number of hydrogen-bond acceptors (Lipinski definition) is 8. The number of likely N-dealkylation sites (tertiary alicyclic amines) is 1. The predicted molar refractivity (Wildman–Crippen MR) is 140 cm³/mol. The van der Waals surface area contributed by atoms with Crippen LogP contribution in [0.3, 0.4) is 0 Å². The minimum Gasteiger partial charge on any atom is -0.479 e. The van der Waals surface area contributed by atoms with Gasteiger partial charge in [-0.05, 0) is 55.8 Å². The summed E-state index contributed by atoms with van der Waals surface area (Å²) < 4.78 is 26.6. The van der Waals surface area contributed by atoms with Crippen LogP contribution in [0.15, 0.2) is 61.1 Å². The van der Waals surface area contributed by atoms with Crippen LogP contribution < -0.4 is 15.2 Å². The highest BCUT2D eigenvalue weighted by Crippen LogP contribution is 2.48. The number of carbonyl (C=O) groups excluding carboxylic acids is 1. The van der Waals surface area contributed by atoms with Gasteiger partial charge in [0.1, 0.15) is 17.5 Å². The maximum absolute atomic E-state index is 13.5. The minimum absolute atomic E-state index is 0.0545. The fourth-order valence-electron chi connectivity index (χ4n) is 5.00. The van der Waals surface area contributed by atoms with E-state index in [-0.39, 0.29) is 35.5 Å². The Morgan fingerprint density at radius 2 is 1.79 bits per heavy atom. The maximum Gasteiger partial charge on any atom is 0.261 e. The molecule has 2 fully saturated rings. The van der Waals surface area contributed by atoms with Crippen molar-refractivity contribution in [1.82, 2.24) is 29.6 Å². The molecule has 1 saturated heterocycles. The molecule has 39 heavy (non-hydrogen) atoms. The molecule has 2 aliphatic rings. The van der Waals surface area contributed by atoms with Crippen molar-refractivity contribution in [1.29, 1.82) is 0 Å². The first-order chi connectivity index (χ1) is 18.7. The van der Waals surface area contributed by atoms with E-state index >= 15 is 0 Å². The number of hydrogen-bond donors (Lipinski definition) is 1. The Bertz CT molecular complexity index is 1510. The van der Waals surface area contributed by atoms with Gasteiger partial charge in [-0.1, -0.05) is 0 Å². The molecule has 1 saturated carbocycles. The summed E-state index contributed by atoms with van der Waals surface area (Å²) in [5.74, 6) is 0.949. The predicted octanol–water partition coefficient (Wildman–Crippen LogP) is 3.22. The highest BCUT2D eigenvalue weighted by Gasteiger charge is 2.59. The number of carbonyl (C=O) groups is 1. The second kappa shape index (κ2) is 9.42. The van der Waals surface area contributed by atoms with Gasteiger partial charge in [-0.2, -0.15) is 0 Å². The van der Waals surface area contributed by atoms with Crippen LogP contribution in [0, 0.1) is 17.7 Å². The molecule has 200 valence electrons. The average Bonchev–Trinajstić information content (AvgIpc) is 3.28. The average molecular weight is 530 g/mol. The van der Waals surface area contributed by atoms with Crippen molar-refractivity contribution < 1.29 is 18.7 Å². The summed E-state index contributed by atoms with van der Waals surface area (Å²) in [6.45, 7) is 4.93. The van der Waals surface area contributed by atoms with Crippen LogP contribution in [0.2, 0.25) is 0 Å². The number of aromatic nitrogens is 5. The van der Waals surface area contributed by atoms with Crippen LogP contribution in [0.25, 0.3) is 17.2 Å². The van der Waals surface area contributed by atoms with Crippen LogP contribution in [0.4, 0.5) is 4.39 Å². The molecule has 1 unspecified atom stereocenters. The molecule has 2 N–H and O–H groups in total. The molecule has 1 amide bonds.